The summed E-state index contributed by atoms with van der Waals surface area (Å²) in [4.78, 5) is 2.25. The lowest BCUT2D eigenvalue weighted by atomic mass is 10.0. The Labute approximate surface area is 74.5 Å². The van der Waals surface area contributed by atoms with Crippen LogP contribution in [-0.2, 0) is 0 Å². The molecule has 0 aromatic rings. The van der Waals surface area contributed by atoms with E-state index < -0.39 is 0 Å². The van der Waals surface area contributed by atoms with Gasteiger partial charge in [0, 0.05) is 6.54 Å². The van der Waals surface area contributed by atoms with Gasteiger partial charge in [-0.1, -0.05) is 12.2 Å². The lowest BCUT2D eigenvalue weighted by Gasteiger charge is -2.30. The third kappa shape index (κ3) is 2.35. The third-order valence-corrected chi connectivity index (χ3v) is 2.34. The fraction of sp³-hybridized carbons (Fsp3) is 0.700. The van der Waals surface area contributed by atoms with Crippen molar-refractivity contribution in [2.75, 3.05) is 13.1 Å². The molecule has 0 amide bonds. The SMILES string of the molecule is CC=CCN1CCCCC1C#N. The lowest BCUT2D eigenvalue weighted by molar-refractivity contribution is 0.204. The molecule has 0 saturated carbocycles. The molecule has 2 heteroatoms. The van der Waals surface area contributed by atoms with Gasteiger partial charge in [0.15, 0.2) is 0 Å². The van der Waals surface area contributed by atoms with Gasteiger partial charge in [0.25, 0.3) is 0 Å². The average Bonchev–Trinajstić information content (AvgIpc) is 2.15. The molecule has 1 heterocycles. The first-order chi connectivity index (χ1) is 5.88. The first kappa shape index (κ1) is 9.28. The highest BCUT2D eigenvalue weighted by Gasteiger charge is 2.19. The quantitative estimate of drug-likeness (QED) is 0.583. The van der Waals surface area contributed by atoms with Crippen molar-refractivity contribution >= 4 is 0 Å². The van der Waals surface area contributed by atoms with Crippen molar-refractivity contribution in [2.24, 2.45) is 0 Å². The summed E-state index contributed by atoms with van der Waals surface area (Å²) in [7, 11) is 0. The minimum Gasteiger partial charge on any atom is -0.284 e. The van der Waals surface area contributed by atoms with E-state index in [2.05, 4.69) is 17.0 Å². The molecule has 1 aliphatic heterocycles. The van der Waals surface area contributed by atoms with Crippen molar-refractivity contribution in [3.05, 3.63) is 12.2 Å². The molecule has 0 N–H and O–H groups in total. The van der Waals surface area contributed by atoms with E-state index in [9.17, 15) is 0 Å². The van der Waals surface area contributed by atoms with Gasteiger partial charge in [-0.2, -0.15) is 5.26 Å². The molecule has 1 aliphatic rings. The van der Waals surface area contributed by atoms with Crippen molar-refractivity contribution in [3.63, 3.8) is 0 Å². The number of nitrogens with zero attached hydrogens (tertiary/aromatic N) is 2. The van der Waals surface area contributed by atoms with Crippen LogP contribution in [0.2, 0.25) is 0 Å². The molecule has 1 rings (SSSR count). The van der Waals surface area contributed by atoms with Gasteiger partial charge in [0.1, 0.15) is 0 Å². The summed E-state index contributed by atoms with van der Waals surface area (Å²) >= 11 is 0. The summed E-state index contributed by atoms with van der Waals surface area (Å²) in [5.74, 6) is 0. The first-order valence-electron chi connectivity index (χ1n) is 4.63. The maximum Gasteiger partial charge on any atom is 0.0980 e. The molecule has 1 saturated heterocycles. The Hall–Kier alpha value is -0.810. The van der Waals surface area contributed by atoms with Crippen LogP contribution >= 0.6 is 0 Å². The molecule has 2 nitrogen and oxygen atoms in total. The van der Waals surface area contributed by atoms with Gasteiger partial charge in [0.2, 0.25) is 0 Å². The van der Waals surface area contributed by atoms with Crippen LogP contribution in [0.1, 0.15) is 26.2 Å². The largest absolute Gasteiger partial charge is 0.284 e. The predicted octanol–water partition coefficient (Wildman–Crippen LogP) is 1.94. The number of allylic oxidation sites excluding steroid dienone is 1. The van der Waals surface area contributed by atoms with E-state index in [4.69, 9.17) is 5.26 Å². The lowest BCUT2D eigenvalue weighted by Crippen LogP contribution is -2.38. The van der Waals surface area contributed by atoms with Crippen LogP contribution < -0.4 is 0 Å². The van der Waals surface area contributed by atoms with Crippen LogP contribution in [-0.4, -0.2) is 24.0 Å². The molecular weight excluding hydrogens is 148 g/mol. The zero-order valence-corrected chi connectivity index (χ0v) is 7.66. The summed E-state index contributed by atoms with van der Waals surface area (Å²) < 4.78 is 0. The van der Waals surface area contributed by atoms with Crippen LogP contribution in [0.25, 0.3) is 0 Å². The van der Waals surface area contributed by atoms with Crippen molar-refractivity contribution in [1.29, 1.82) is 5.26 Å². The van der Waals surface area contributed by atoms with E-state index >= 15 is 0 Å². The zero-order chi connectivity index (χ0) is 8.81. The molecule has 0 aliphatic carbocycles. The summed E-state index contributed by atoms with van der Waals surface area (Å²) in [6, 6.07) is 2.52. The molecule has 12 heavy (non-hydrogen) atoms. The Balaban J connectivity index is 2.42. The van der Waals surface area contributed by atoms with E-state index in [1.807, 2.05) is 13.0 Å². The zero-order valence-electron chi connectivity index (χ0n) is 7.66. The van der Waals surface area contributed by atoms with E-state index in [0.29, 0.717) is 0 Å². The minimum atomic E-state index is 0.162. The highest BCUT2D eigenvalue weighted by molar-refractivity contribution is 4.96. The van der Waals surface area contributed by atoms with Gasteiger partial charge in [-0.05, 0) is 32.7 Å². The Morgan fingerprint density at radius 1 is 1.58 bits per heavy atom. The van der Waals surface area contributed by atoms with E-state index in [1.165, 1.54) is 12.8 Å². The third-order valence-electron chi connectivity index (χ3n) is 2.34. The number of hydrogen-bond acceptors (Lipinski definition) is 2. The number of likely N-dealkylation sites (tertiary alicyclic amines) is 1. The molecule has 0 aromatic carbocycles. The molecular formula is C10H16N2. The first-order valence-corrected chi connectivity index (χ1v) is 4.63. The molecule has 1 unspecified atom stereocenters. The van der Waals surface area contributed by atoms with E-state index in [1.54, 1.807) is 0 Å². The van der Waals surface area contributed by atoms with Gasteiger partial charge < -0.3 is 0 Å². The fourth-order valence-corrected chi connectivity index (χ4v) is 1.60. The summed E-state index contributed by atoms with van der Waals surface area (Å²) in [6.45, 7) is 4.04. The van der Waals surface area contributed by atoms with E-state index in [0.717, 1.165) is 19.5 Å². The van der Waals surface area contributed by atoms with Crippen LogP contribution in [0.4, 0.5) is 0 Å². The minimum absolute atomic E-state index is 0.162. The molecule has 1 atom stereocenters. The summed E-state index contributed by atoms with van der Waals surface area (Å²) in [6.07, 6.45) is 7.67. The summed E-state index contributed by atoms with van der Waals surface area (Å²) in [5.41, 5.74) is 0. The number of nitriles is 1. The normalized spacial score (nSPS) is 25.8. The standard InChI is InChI=1S/C10H16N2/c1-2-3-7-12-8-5-4-6-10(12)9-11/h2-3,10H,4-8H2,1H3. The van der Waals surface area contributed by atoms with Crippen LogP contribution in [0.15, 0.2) is 12.2 Å². The molecule has 0 spiro atoms. The van der Waals surface area contributed by atoms with Crippen molar-refractivity contribution in [3.8, 4) is 6.07 Å². The number of piperidine rings is 1. The van der Waals surface area contributed by atoms with Gasteiger partial charge >= 0.3 is 0 Å². The average molecular weight is 164 g/mol. The van der Waals surface area contributed by atoms with Gasteiger partial charge in [0.05, 0.1) is 12.1 Å². The Kier molecular flexibility index (Phi) is 3.83. The van der Waals surface area contributed by atoms with Gasteiger partial charge in [-0.3, -0.25) is 4.90 Å². The number of hydrogen-bond donors (Lipinski definition) is 0. The van der Waals surface area contributed by atoms with Crippen LogP contribution in [0.5, 0.6) is 0 Å². The Morgan fingerprint density at radius 2 is 2.42 bits per heavy atom. The second-order valence-electron chi connectivity index (χ2n) is 3.20. The molecule has 0 bridgehead atoms. The summed E-state index contributed by atoms with van der Waals surface area (Å²) in [5, 5.41) is 8.85. The monoisotopic (exact) mass is 164 g/mol. The van der Waals surface area contributed by atoms with Crippen molar-refractivity contribution in [2.45, 2.75) is 32.2 Å². The van der Waals surface area contributed by atoms with Crippen LogP contribution in [0.3, 0.4) is 0 Å². The van der Waals surface area contributed by atoms with Crippen LogP contribution in [0, 0.1) is 11.3 Å². The smallest absolute Gasteiger partial charge is 0.0980 e. The second kappa shape index (κ2) is 4.95. The second-order valence-corrected chi connectivity index (χ2v) is 3.20. The van der Waals surface area contributed by atoms with Gasteiger partial charge in [-0.15, -0.1) is 0 Å². The molecule has 66 valence electrons. The molecule has 0 aromatic heterocycles. The van der Waals surface area contributed by atoms with Crippen molar-refractivity contribution < 1.29 is 0 Å². The molecule has 0 radical (unpaired) electrons. The van der Waals surface area contributed by atoms with E-state index in [-0.39, 0.29) is 6.04 Å². The maximum atomic E-state index is 8.85. The highest BCUT2D eigenvalue weighted by atomic mass is 15.2. The van der Waals surface area contributed by atoms with Gasteiger partial charge in [-0.25, -0.2) is 0 Å². The number of rotatable bonds is 2. The maximum absolute atomic E-state index is 8.85. The Morgan fingerprint density at radius 3 is 3.08 bits per heavy atom. The Bertz CT molecular complexity index is 191. The van der Waals surface area contributed by atoms with Crippen molar-refractivity contribution in [1.82, 2.24) is 4.90 Å². The predicted molar refractivity (Wildman–Crippen MR) is 49.6 cm³/mol. The molecule has 1 fully saturated rings. The highest BCUT2D eigenvalue weighted by Crippen LogP contribution is 2.15. The fourth-order valence-electron chi connectivity index (χ4n) is 1.60. The topological polar surface area (TPSA) is 27.0 Å².